The van der Waals surface area contributed by atoms with Gasteiger partial charge in [0, 0.05) is 17.0 Å². The van der Waals surface area contributed by atoms with Crippen LogP contribution < -0.4 is 4.74 Å². The van der Waals surface area contributed by atoms with Gasteiger partial charge in [0.05, 0.1) is 0 Å². The number of halogens is 4. The molecule has 0 aliphatic heterocycles. The van der Waals surface area contributed by atoms with E-state index in [2.05, 4.69) is 5.16 Å². The molecule has 8 heteroatoms. The number of aromatic nitrogens is 1. The van der Waals surface area contributed by atoms with Gasteiger partial charge >= 0.3 is 5.97 Å². The number of esters is 1. The van der Waals surface area contributed by atoms with Gasteiger partial charge in [0.15, 0.2) is 28.4 Å². The smallest absolute Gasteiger partial charge is 0.334 e. The van der Waals surface area contributed by atoms with E-state index in [1.54, 1.807) is 30.3 Å². The molecular weight excluding hydrogens is 407 g/mol. The first-order chi connectivity index (χ1) is 13.9. The molecule has 29 heavy (non-hydrogen) atoms. The van der Waals surface area contributed by atoms with Gasteiger partial charge in [0.1, 0.15) is 11.4 Å². The summed E-state index contributed by atoms with van der Waals surface area (Å²) in [6.45, 7) is 0. The Bertz CT molecular complexity index is 1190. The van der Waals surface area contributed by atoms with Crippen LogP contribution in [0.15, 0.2) is 65.2 Å². The van der Waals surface area contributed by atoms with Gasteiger partial charge in [0.2, 0.25) is 0 Å². The lowest BCUT2D eigenvalue weighted by Crippen LogP contribution is -2.14. The van der Waals surface area contributed by atoms with Gasteiger partial charge in [0.25, 0.3) is 0 Å². The molecule has 1 atom stereocenters. The van der Waals surface area contributed by atoms with Crippen molar-refractivity contribution in [2.75, 3.05) is 0 Å². The summed E-state index contributed by atoms with van der Waals surface area (Å²) in [4.78, 5) is 12.3. The van der Waals surface area contributed by atoms with E-state index >= 15 is 0 Å². The summed E-state index contributed by atoms with van der Waals surface area (Å²) in [5, 5.41) is 3.19. The number of rotatable bonds is 4. The quantitative estimate of drug-likeness (QED) is 0.182. The molecular formula is C21H11ClF3NO3. The fourth-order valence-corrected chi connectivity index (χ4v) is 3.00. The minimum absolute atomic E-state index is 0.00907. The lowest BCUT2D eigenvalue weighted by molar-refractivity contribution is -0.134. The average Bonchev–Trinajstić information content (AvgIpc) is 3.15. The van der Waals surface area contributed by atoms with Crippen molar-refractivity contribution in [2.45, 2.75) is 5.38 Å². The zero-order valence-corrected chi connectivity index (χ0v) is 15.3. The highest BCUT2D eigenvalue weighted by atomic mass is 35.5. The topological polar surface area (TPSA) is 52.3 Å². The van der Waals surface area contributed by atoms with E-state index in [1.165, 1.54) is 18.2 Å². The van der Waals surface area contributed by atoms with Crippen molar-refractivity contribution >= 4 is 28.5 Å². The summed E-state index contributed by atoms with van der Waals surface area (Å²) >= 11 is 6.14. The van der Waals surface area contributed by atoms with Crippen molar-refractivity contribution < 1.29 is 27.2 Å². The third-order valence-electron chi connectivity index (χ3n) is 4.22. The number of hydrogen-bond donors (Lipinski definition) is 0. The third kappa shape index (κ3) is 3.69. The molecule has 0 amide bonds. The molecule has 0 spiro atoms. The van der Waals surface area contributed by atoms with Crippen LogP contribution in [0.4, 0.5) is 13.2 Å². The van der Waals surface area contributed by atoms with Crippen LogP contribution in [0.2, 0.25) is 0 Å². The van der Waals surface area contributed by atoms with Crippen molar-refractivity contribution in [3.05, 3.63) is 83.7 Å². The zero-order valence-electron chi connectivity index (χ0n) is 14.5. The predicted molar refractivity (Wildman–Crippen MR) is 100.0 cm³/mol. The first kappa shape index (κ1) is 19.0. The molecule has 0 radical (unpaired) electrons. The molecule has 4 rings (SSSR count). The molecule has 4 aromatic rings. The maximum absolute atomic E-state index is 13.5. The highest BCUT2D eigenvalue weighted by Crippen LogP contribution is 2.32. The number of carbonyl (C=O) groups excluding carboxylic acids is 1. The lowest BCUT2D eigenvalue weighted by Gasteiger charge is -2.09. The van der Waals surface area contributed by atoms with Gasteiger partial charge in [-0.05, 0) is 29.8 Å². The minimum atomic E-state index is -1.57. The maximum atomic E-state index is 13.5. The number of fused-ring (bicyclic) bond motifs is 1. The molecule has 1 aromatic heterocycles. The predicted octanol–water partition coefficient (Wildman–Crippen LogP) is 5.80. The summed E-state index contributed by atoms with van der Waals surface area (Å²) in [5.74, 6) is -4.76. The Morgan fingerprint density at radius 3 is 2.38 bits per heavy atom. The van der Waals surface area contributed by atoms with Gasteiger partial charge in [-0.15, -0.1) is 11.6 Å². The average molecular weight is 418 g/mol. The Morgan fingerprint density at radius 1 is 1.00 bits per heavy atom. The summed E-state index contributed by atoms with van der Waals surface area (Å²) in [6, 6.07) is 14.7. The maximum Gasteiger partial charge on any atom is 0.334 e. The first-order valence-corrected chi connectivity index (χ1v) is 8.83. The first-order valence-electron chi connectivity index (χ1n) is 8.39. The number of hydrogen-bond acceptors (Lipinski definition) is 4. The Labute approximate surface area is 167 Å². The van der Waals surface area contributed by atoms with Crippen LogP contribution in [0.5, 0.6) is 5.75 Å². The molecule has 3 aromatic carbocycles. The minimum Gasteiger partial charge on any atom is -0.425 e. The molecule has 1 unspecified atom stereocenters. The second kappa shape index (κ2) is 7.60. The summed E-state index contributed by atoms with van der Waals surface area (Å²) in [7, 11) is 0. The second-order valence-electron chi connectivity index (χ2n) is 6.14. The van der Waals surface area contributed by atoms with Crippen molar-refractivity contribution in [1.82, 2.24) is 5.16 Å². The molecule has 0 saturated heterocycles. The number of nitrogens with zero attached hydrogens (tertiary/aromatic N) is 1. The Hall–Kier alpha value is -3.32. The fourth-order valence-electron chi connectivity index (χ4n) is 2.81. The van der Waals surface area contributed by atoms with E-state index in [4.69, 9.17) is 20.9 Å². The monoisotopic (exact) mass is 417 g/mol. The summed E-state index contributed by atoms with van der Waals surface area (Å²) < 4.78 is 50.6. The molecule has 0 fully saturated rings. The number of ether oxygens (including phenoxy) is 1. The Morgan fingerprint density at radius 2 is 1.69 bits per heavy atom. The van der Waals surface area contributed by atoms with Crippen molar-refractivity contribution in [1.29, 1.82) is 0 Å². The molecule has 0 saturated carbocycles. The molecule has 0 N–H and O–H groups in total. The fraction of sp³-hybridized carbons (Fsp3) is 0.0476. The van der Waals surface area contributed by atoms with E-state index in [1.807, 2.05) is 0 Å². The van der Waals surface area contributed by atoms with E-state index in [9.17, 15) is 18.0 Å². The van der Waals surface area contributed by atoms with Crippen molar-refractivity contribution in [3.63, 3.8) is 0 Å². The van der Waals surface area contributed by atoms with E-state index in [0.717, 1.165) is 12.1 Å². The Kier molecular flexibility index (Phi) is 4.98. The van der Waals surface area contributed by atoms with E-state index in [-0.39, 0.29) is 22.6 Å². The molecule has 4 nitrogen and oxygen atoms in total. The molecule has 146 valence electrons. The zero-order chi connectivity index (χ0) is 20.5. The standard InChI is InChI=1S/C21H11ClF3NO3/c22-18(11-4-2-1-3-5-11)21(27)28-13-6-7-14-17(10-13)29-26-20(14)12-8-15(23)19(25)16(24)9-12/h1-10,18H. The molecule has 0 bridgehead atoms. The van der Waals surface area contributed by atoms with Gasteiger partial charge in [-0.25, -0.2) is 18.0 Å². The van der Waals surface area contributed by atoms with Crippen molar-refractivity contribution in [3.8, 4) is 17.0 Å². The highest BCUT2D eigenvalue weighted by Gasteiger charge is 2.21. The summed E-state index contributed by atoms with van der Waals surface area (Å²) in [6.07, 6.45) is 0. The highest BCUT2D eigenvalue weighted by molar-refractivity contribution is 6.30. The van der Waals surface area contributed by atoms with Crippen molar-refractivity contribution in [2.24, 2.45) is 0 Å². The van der Waals surface area contributed by atoms with Crippen LogP contribution in [-0.2, 0) is 4.79 Å². The molecule has 0 aliphatic carbocycles. The van der Waals surface area contributed by atoms with Crippen LogP contribution >= 0.6 is 11.6 Å². The molecule has 0 aliphatic rings. The van der Waals surface area contributed by atoms with Crippen LogP contribution in [0, 0.1) is 17.5 Å². The van der Waals surface area contributed by atoms with E-state index < -0.39 is 28.8 Å². The summed E-state index contributed by atoms with van der Waals surface area (Å²) in [5.41, 5.74) is 0.925. The van der Waals surface area contributed by atoms with Gasteiger partial charge in [-0.3, -0.25) is 0 Å². The van der Waals surface area contributed by atoms with Gasteiger partial charge in [-0.2, -0.15) is 0 Å². The van der Waals surface area contributed by atoms with E-state index in [0.29, 0.717) is 10.9 Å². The van der Waals surface area contributed by atoms with Gasteiger partial charge in [-0.1, -0.05) is 35.5 Å². The number of benzene rings is 3. The lowest BCUT2D eigenvalue weighted by atomic mass is 10.1. The van der Waals surface area contributed by atoms with Crippen LogP contribution in [-0.4, -0.2) is 11.1 Å². The number of carbonyl (C=O) groups is 1. The molecule has 1 heterocycles. The Balaban J connectivity index is 1.61. The number of alkyl halides is 1. The normalized spacial score (nSPS) is 12.1. The van der Waals surface area contributed by atoms with Crippen LogP contribution in [0.3, 0.4) is 0 Å². The van der Waals surface area contributed by atoms with Crippen LogP contribution in [0.25, 0.3) is 22.2 Å². The SMILES string of the molecule is O=C(Oc1ccc2c(-c3cc(F)c(F)c(F)c3)noc2c1)C(Cl)c1ccccc1. The van der Waals surface area contributed by atoms with Gasteiger partial charge < -0.3 is 9.26 Å². The largest absolute Gasteiger partial charge is 0.425 e. The second-order valence-corrected chi connectivity index (χ2v) is 6.57. The third-order valence-corrected chi connectivity index (χ3v) is 4.65. The van der Waals surface area contributed by atoms with Crippen LogP contribution in [0.1, 0.15) is 10.9 Å².